The standard InChI is InChI=1S/C26H29ClF3NO8S/c1-12-16-7-15(8-17(12)26(16,36)11-39-10-22(34)21(33)9-32)40(37,38)23-4-13(2-3-18(23)27)25(35)31-14-5-19(28)24(30)20(29)6-14/h2-6,12,15-17,21-22,32-34,36H,7-11H2,1H3,(H,31,35)/t12?,15?,16?,17?,21?,22-,26?/m0/s1. The number of benzene rings is 2. The van der Waals surface area contributed by atoms with E-state index in [2.05, 4.69) is 5.32 Å². The van der Waals surface area contributed by atoms with Crippen LogP contribution in [0.4, 0.5) is 18.9 Å². The minimum atomic E-state index is -4.10. The molecule has 14 heteroatoms. The van der Waals surface area contributed by atoms with Crippen LogP contribution in [0.1, 0.15) is 30.1 Å². The second-order valence-corrected chi connectivity index (χ2v) is 13.0. The minimum absolute atomic E-state index is 0.0166. The number of aliphatic hydroxyl groups is 4. The van der Waals surface area contributed by atoms with Crippen LogP contribution in [0, 0.1) is 35.2 Å². The molecule has 2 aromatic rings. The Balaban J connectivity index is 1.48. The number of aliphatic hydroxyl groups excluding tert-OH is 3. The van der Waals surface area contributed by atoms with Gasteiger partial charge in [0.1, 0.15) is 12.2 Å². The first kappa shape index (κ1) is 30.7. The third-order valence-corrected chi connectivity index (χ3v) is 10.7. The predicted molar refractivity (Wildman–Crippen MR) is 137 cm³/mol. The molecule has 5 N–H and O–H groups in total. The molecule has 40 heavy (non-hydrogen) atoms. The summed E-state index contributed by atoms with van der Waals surface area (Å²) in [5.74, 6) is -6.56. The molecule has 0 aliphatic heterocycles. The second-order valence-electron chi connectivity index (χ2n) is 10.4. The predicted octanol–water partition coefficient (Wildman–Crippen LogP) is 2.29. The van der Waals surface area contributed by atoms with E-state index in [1.807, 2.05) is 6.92 Å². The van der Waals surface area contributed by atoms with Gasteiger partial charge in [0.05, 0.1) is 40.6 Å². The van der Waals surface area contributed by atoms with Gasteiger partial charge >= 0.3 is 0 Å². The Morgan fingerprint density at radius 1 is 1.12 bits per heavy atom. The maximum Gasteiger partial charge on any atom is 0.255 e. The first-order valence-corrected chi connectivity index (χ1v) is 14.4. The number of carbonyl (C=O) groups is 1. The van der Waals surface area contributed by atoms with Crippen LogP contribution in [0.5, 0.6) is 0 Å². The molecule has 4 atom stereocenters. The molecule has 3 aliphatic rings. The van der Waals surface area contributed by atoms with Crippen LogP contribution in [-0.4, -0.2) is 77.6 Å². The second kappa shape index (κ2) is 11.6. The molecule has 3 saturated carbocycles. The van der Waals surface area contributed by atoms with Crippen molar-refractivity contribution in [3.8, 4) is 0 Å². The summed E-state index contributed by atoms with van der Waals surface area (Å²) < 4.78 is 72.9. The van der Waals surface area contributed by atoms with Crippen LogP contribution in [0.3, 0.4) is 0 Å². The monoisotopic (exact) mass is 607 g/mol. The molecule has 2 aromatic carbocycles. The molecular formula is C26H29ClF3NO8S. The number of nitrogens with one attached hydrogen (secondary N) is 1. The summed E-state index contributed by atoms with van der Waals surface area (Å²) in [6.07, 6.45) is -2.61. The summed E-state index contributed by atoms with van der Waals surface area (Å²) in [7, 11) is -4.10. The van der Waals surface area contributed by atoms with Crippen LogP contribution in [0.25, 0.3) is 0 Å². The topological polar surface area (TPSA) is 153 Å². The van der Waals surface area contributed by atoms with Gasteiger partial charge in [-0.25, -0.2) is 21.6 Å². The summed E-state index contributed by atoms with van der Waals surface area (Å²) in [5.41, 5.74) is -1.89. The highest BCUT2D eigenvalue weighted by molar-refractivity contribution is 7.92. The average Bonchev–Trinajstić information content (AvgIpc) is 2.91. The smallest absolute Gasteiger partial charge is 0.255 e. The van der Waals surface area contributed by atoms with E-state index in [1.165, 1.54) is 12.1 Å². The van der Waals surface area contributed by atoms with Crippen molar-refractivity contribution < 1.29 is 51.5 Å². The third-order valence-electron chi connectivity index (χ3n) is 8.02. The zero-order chi connectivity index (χ0) is 29.6. The molecule has 3 unspecified atom stereocenters. The van der Waals surface area contributed by atoms with Gasteiger partial charge in [0.25, 0.3) is 5.91 Å². The van der Waals surface area contributed by atoms with Crippen LogP contribution >= 0.6 is 11.6 Å². The summed E-state index contributed by atoms with van der Waals surface area (Å²) >= 11 is 6.21. The molecule has 9 nitrogen and oxygen atoms in total. The van der Waals surface area contributed by atoms with Gasteiger partial charge in [0, 0.05) is 23.4 Å². The Hall–Kier alpha value is -2.26. The van der Waals surface area contributed by atoms with Crippen molar-refractivity contribution in [2.24, 2.45) is 17.8 Å². The molecule has 0 spiro atoms. The van der Waals surface area contributed by atoms with Crippen molar-refractivity contribution in [3.63, 3.8) is 0 Å². The van der Waals surface area contributed by atoms with Crippen molar-refractivity contribution >= 4 is 33.0 Å². The van der Waals surface area contributed by atoms with E-state index < -0.39 is 74.7 Å². The molecule has 1 amide bonds. The van der Waals surface area contributed by atoms with Gasteiger partial charge in [-0.2, -0.15) is 0 Å². The Bertz CT molecular complexity index is 1360. The molecule has 0 aromatic heterocycles. The molecule has 3 aliphatic carbocycles. The molecule has 0 radical (unpaired) electrons. The van der Waals surface area contributed by atoms with Crippen molar-refractivity contribution in [1.82, 2.24) is 0 Å². The number of sulfone groups is 1. The minimum Gasteiger partial charge on any atom is -0.394 e. The lowest BCUT2D eigenvalue weighted by Gasteiger charge is -2.62. The Morgan fingerprint density at radius 2 is 1.73 bits per heavy atom. The van der Waals surface area contributed by atoms with E-state index in [9.17, 15) is 41.7 Å². The normalized spacial score (nSPS) is 27.5. The van der Waals surface area contributed by atoms with Gasteiger partial charge in [-0.3, -0.25) is 4.79 Å². The number of hydrogen-bond acceptors (Lipinski definition) is 8. The quantitative estimate of drug-likeness (QED) is 0.258. The fourth-order valence-corrected chi connectivity index (χ4v) is 8.12. The zero-order valence-corrected chi connectivity index (χ0v) is 22.8. The van der Waals surface area contributed by atoms with E-state index in [1.54, 1.807) is 0 Å². The van der Waals surface area contributed by atoms with Gasteiger partial charge < -0.3 is 30.5 Å². The number of halogens is 4. The summed E-state index contributed by atoms with van der Waals surface area (Å²) in [4.78, 5) is 12.4. The molecule has 0 heterocycles. The van der Waals surface area contributed by atoms with Crippen molar-refractivity contribution in [2.75, 3.05) is 25.1 Å². The third kappa shape index (κ3) is 5.60. The highest BCUT2D eigenvalue weighted by Gasteiger charge is 2.64. The molecular weight excluding hydrogens is 579 g/mol. The van der Waals surface area contributed by atoms with Crippen LogP contribution in [0.2, 0.25) is 5.02 Å². The van der Waals surface area contributed by atoms with Crippen molar-refractivity contribution in [1.29, 1.82) is 0 Å². The van der Waals surface area contributed by atoms with Gasteiger partial charge in [-0.1, -0.05) is 18.5 Å². The van der Waals surface area contributed by atoms with Crippen molar-refractivity contribution in [2.45, 2.75) is 47.7 Å². The van der Waals surface area contributed by atoms with E-state index in [-0.39, 0.29) is 53.1 Å². The van der Waals surface area contributed by atoms with Crippen molar-refractivity contribution in [3.05, 3.63) is 58.4 Å². The van der Waals surface area contributed by atoms with E-state index in [0.717, 1.165) is 6.07 Å². The molecule has 0 saturated heterocycles. The van der Waals surface area contributed by atoms with E-state index in [0.29, 0.717) is 12.1 Å². The first-order valence-electron chi connectivity index (χ1n) is 12.5. The number of rotatable bonds is 10. The summed E-state index contributed by atoms with van der Waals surface area (Å²) in [6, 6.07) is 4.65. The summed E-state index contributed by atoms with van der Waals surface area (Å²) in [5, 5.41) is 40.5. The van der Waals surface area contributed by atoms with Crippen LogP contribution in [0.15, 0.2) is 35.2 Å². The molecule has 3 fully saturated rings. The molecule has 2 bridgehead atoms. The van der Waals surface area contributed by atoms with E-state index in [4.69, 9.17) is 21.4 Å². The number of hydrogen-bond donors (Lipinski definition) is 5. The fraction of sp³-hybridized carbons (Fsp3) is 0.500. The largest absolute Gasteiger partial charge is 0.394 e. The average molecular weight is 608 g/mol. The van der Waals surface area contributed by atoms with E-state index >= 15 is 0 Å². The molecule has 5 rings (SSSR count). The number of ether oxygens (including phenoxy) is 1. The lowest BCUT2D eigenvalue weighted by Crippen LogP contribution is -2.69. The maximum atomic E-state index is 13.6. The SMILES string of the molecule is CC1C2CC(S(=O)(=O)c3cc(C(=O)Nc4cc(F)c(F)c(F)c4)ccc3Cl)CC1C2(O)COC[C@H](O)C(O)CO. The lowest BCUT2D eigenvalue weighted by atomic mass is 9.48. The first-order chi connectivity index (χ1) is 18.7. The van der Waals surface area contributed by atoms with Gasteiger partial charge in [0.2, 0.25) is 0 Å². The number of carbonyl (C=O) groups excluding carboxylic acids is 1. The Morgan fingerprint density at radius 3 is 2.30 bits per heavy atom. The van der Waals surface area contributed by atoms with Gasteiger partial charge in [0.15, 0.2) is 27.3 Å². The van der Waals surface area contributed by atoms with Gasteiger partial charge in [-0.05, 0) is 48.8 Å². The number of anilines is 1. The molecule has 220 valence electrons. The zero-order valence-electron chi connectivity index (χ0n) is 21.2. The highest BCUT2D eigenvalue weighted by atomic mass is 35.5. The number of fused-ring (bicyclic) bond motifs is 2. The summed E-state index contributed by atoms with van der Waals surface area (Å²) in [6.45, 7) is 0.693. The highest BCUT2D eigenvalue weighted by Crippen LogP contribution is 2.59. The Kier molecular flexibility index (Phi) is 8.86. The Labute approximate surface area is 233 Å². The maximum absolute atomic E-state index is 13.6. The number of amides is 1. The lowest BCUT2D eigenvalue weighted by molar-refractivity contribution is -0.244. The van der Waals surface area contributed by atoms with Gasteiger partial charge in [-0.15, -0.1) is 0 Å². The fourth-order valence-electron chi connectivity index (χ4n) is 5.76. The van der Waals surface area contributed by atoms with Crippen LogP contribution < -0.4 is 5.32 Å². The van der Waals surface area contributed by atoms with Crippen LogP contribution in [-0.2, 0) is 14.6 Å².